The van der Waals surface area contributed by atoms with Crippen molar-refractivity contribution >= 4 is 22.9 Å². The number of rotatable bonds is 4. The monoisotopic (exact) mass is 393 g/mol. The normalized spacial score (nSPS) is 10.3. The van der Waals surface area contributed by atoms with Gasteiger partial charge in [-0.1, -0.05) is 43.1 Å². The molecule has 0 N–H and O–H groups in total. The number of halogens is 2. The number of thiazole rings is 1. The van der Waals surface area contributed by atoms with Gasteiger partial charge in [-0.2, -0.15) is 0 Å². The second-order valence-corrected chi connectivity index (χ2v) is 6.07. The maximum atomic E-state index is 6.24. The third kappa shape index (κ3) is 3.75. The molecular formula is C17H15BrClN2S-. The summed E-state index contributed by atoms with van der Waals surface area (Å²) in [7, 11) is 0. The van der Waals surface area contributed by atoms with Gasteiger partial charge in [0.2, 0.25) is 0 Å². The number of nitrogens with zero attached hydrogens (tertiary/aromatic N) is 2. The smallest absolute Gasteiger partial charge is 0.124 e. The van der Waals surface area contributed by atoms with Gasteiger partial charge < -0.3 is 17.0 Å². The van der Waals surface area contributed by atoms with Crippen molar-refractivity contribution in [3.63, 3.8) is 0 Å². The Morgan fingerprint density at radius 2 is 2.00 bits per heavy atom. The molecule has 0 atom stereocenters. The largest absolute Gasteiger partial charge is 1.00 e. The van der Waals surface area contributed by atoms with Gasteiger partial charge in [0.05, 0.1) is 5.69 Å². The molecule has 0 aliphatic carbocycles. The first-order valence-electron chi connectivity index (χ1n) is 6.93. The summed E-state index contributed by atoms with van der Waals surface area (Å²) in [6.07, 6.45) is 3.95. The van der Waals surface area contributed by atoms with E-state index in [1.807, 2.05) is 36.5 Å². The molecule has 0 aliphatic heterocycles. The van der Waals surface area contributed by atoms with E-state index in [1.54, 1.807) is 11.3 Å². The van der Waals surface area contributed by atoms with Crippen LogP contribution < -0.4 is 17.0 Å². The summed E-state index contributed by atoms with van der Waals surface area (Å²) in [5.41, 5.74) is 4.14. The Hall–Kier alpha value is -1.23. The molecule has 0 saturated carbocycles. The van der Waals surface area contributed by atoms with Gasteiger partial charge in [-0.25, -0.2) is 4.98 Å². The lowest BCUT2D eigenvalue weighted by atomic mass is 10.1. The molecule has 2 heterocycles. The summed E-state index contributed by atoms with van der Waals surface area (Å²) in [6.45, 7) is 2.16. The lowest BCUT2D eigenvalue weighted by molar-refractivity contribution is -0.00000420. The minimum atomic E-state index is 0. The van der Waals surface area contributed by atoms with Crippen LogP contribution in [-0.4, -0.2) is 9.97 Å². The van der Waals surface area contributed by atoms with Crippen molar-refractivity contribution in [3.05, 3.63) is 58.7 Å². The summed E-state index contributed by atoms with van der Waals surface area (Å²) >= 11 is 7.87. The molecule has 3 aromatic rings. The summed E-state index contributed by atoms with van der Waals surface area (Å²) in [5.74, 6) is 0. The van der Waals surface area contributed by atoms with Crippen molar-refractivity contribution in [2.75, 3.05) is 0 Å². The minimum Gasteiger partial charge on any atom is -1.00 e. The van der Waals surface area contributed by atoms with Crippen molar-refractivity contribution in [1.29, 1.82) is 0 Å². The highest BCUT2D eigenvalue weighted by atomic mass is 79.9. The van der Waals surface area contributed by atoms with Gasteiger partial charge in [0.25, 0.3) is 0 Å². The molecule has 0 aliphatic rings. The average molecular weight is 395 g/mol. The Bertz CT molecular complexity index is 758. The third-order valence-corrected chi connectivity index (χ3v) is 4.44. The Morgan fingerprint density at radius 1 is 1.18 bits per heavy atom. The molecular weight excluding hydrogens is 380 g/mol. The molecule has 5 heteroatoms. The summed E-state index contributed by atoms with van der Waals surface area (Å²) in [5, 5.41) is 3.79. The van der Waals surface area contributed by atoms with Crippen LogP contribution in [0.15, 0.2) is 48.0 Å². The summed E-state index contributed by atoms with van der Waals surface area (Å²) < 4.78 is 0. The number of benzene rings is 1. The van der Waals surface area contributed by atoms with Crippen LogP contribution in [0.2, 0.25) is 5.02 Å². The number of hydrogen-bond donors (Lipinski definition) is 0. The van der Waals surface area contributed by atoms with Crippen LogP contribution in [0.3, 0.4) is 0 Å². The van der Waals surface area contributed by atoms with Gasteiger partial charge in [0, 0.05) is 33.4 Å². The van der Waals surface area contributed by atoms with E-state index in [9.17, 15) is 0 Å². The van der Waals surface area contributed by atoms with E-state index in [4.69, 9.17) is 16.6 Å². The van der Waals surface area contributed by atoms with Gasteiger partial charge in [-0.05, 0) is 24.6 Å². The van der Waals surface area contributed by atoms with E-state index in [1.165, 1.54) is 0 Å². The van der Waals surface area contributed by atoms with E-state index in [2.05, 4.69) is 23.4 Å². The molecule has 1 aromatic carbocycles. The molecule has 3 rings (SSSR count). The van der Waals surface area contributed by atoms with E-state index in [-0.39, 0.29) is 17.0 Å². The van der Waals surface area contributed by atoms with Gasteiger partial charge in [-0.3, -0.25) is 4.98 Å². The Kier molecular flexibility index (Phi) is 6.12. The second kappa shape index (κ2) is 7.86. The molecule has 2 aromatic heterocycles. The number of hydrogen-bond acceptors (Lipinski definition) is 3. The second-order valence-electron chi connectivity index (χ2n) is 4.80. The molecule has 0 radical (unpaired) electrons. The highest BCUT2D eigenvalue weighted by molar-refractivity contribution is 7.13. The Balaban J connectivity index is 0.00000176. The Labute approximate surface area is 150 Å². The van der Waals surface area contributed by atoms with Crippen molar-refractivity contribution in [2.24, 2.45) is 0 Å². The molecule has 114 valence electrons. The standard InChI is InChI=1S/C17H15ClN2S.BrH/c1-2-5-13-10-12(8-9-19-13)17-20-16(11-21-17)14-6-3-4-7-15(14)18;/h3-4,6-11H,2,5H2,1H3;1H/p-1. The van der Waals surface area contributed by atoms with E-state index in [0.29, 0.717) is 0 Å². The first-order valence-corrected chi connectivity index (χ1v) is 8.19. The molecule has 0 spiro atoms. The summed E-state index contributed by atoms with van der Waals surface area (Å²) in [6, 6.07) is 11.9. The highest BCUT2D eigenvalue weighted by Crippen LogP contribution is 2.32. The zero-order valence-corrected chi connectivity index (χ0v) is 15.3. The predicted octanol–water partition coefficient (Wildman–Crippen LogP) is 2.48. The van der Waals surface area contributed by atoms with Crippen LogP contribution in [0.4, 0.5) is 0 Å². The molecule has 0 saturated heterocycles. The van der Waals surface area contributed by atoms with E-state index >= 15 is 0 Å². The van der Waals surface area contributed by atoms with Crippen molar-refractivity contribution in [3.8, 4) is 21.8 Å². The van der Waals surface area contributed by atoms with Crippen molar-refractivity contribution in [2.45, 2.75) is 19.8 Å². The quantitative estimate of drug-likeness (QED) is 0.679. The fourth-order valence-electron chi connectivity index (χ4n) is 2.20. The predicted molar refractivity (Wildman–Crippen MR) is 89.8 cm³/mol. The fourth-order valence-corrected chi connectivity index (χ4v) is 3.25. The number of pyridine rings is 1. The van der Waals surface area contributed by atoms with Gasteiger partial charge in [-0.15, -0.1) is 11.3 Å². The highest BCUT2D eigenvalue weighted by Gasteiger charge is 2.09. The molecule has 22 heavy (non-hydrogen) atoms. The number of aromatic nitrogens is 2. The molecule has 0 unspecified atom stereocenters. The lowest BCUT2D eigenvalue weighted by Crippen LogP contribution is -3.00. The van der Waals surface area contributed by atoms with Crippen LogP contribution in [0.5, 0.6) is 0 Å². The molecule has 0 fully saturated rings. The van der Waals surface area contributed by atoms with Crippen LogP contribution in [0.25, 0.3) is 21.8 Å². The zero-order chi connectivity index (χ0) is 14.7. The van der Waals surface area contributed by atoms with Crippen molar-refractivity contribution < 1.29 is 17.0 Å². The first-order chi connectivity index (χ1) is 10.3. The van der Waals surface area contributed by atoms with Crippen molar-refractivity contribution in [1.82, 2.24) is 9.97 Å². The fraction of sp³-hybridized carbons (Fsp3) is 0.176. The van der Waals surface area contributed by atoms with Crippen LogP contribution in [0, 0.1) is 0 Å². The zero-order valence-electron chi connectivity index (χ0n) is 12.1. The van der Waals surface area contributed by atoms with E-state index < -0.39 is 0 Å². The maximum absolute atomic E-state index is 6.24. The maximum Gasteiger partial charge on any atom is 0.124 e. The van der Waals surface area contributed by atoms with Crippen LogP contribution >= 0.6 is 22.9 Å². The van der Waals surface area contributed by atoms with Crippen LogP contribution in [-0.2, 0) is 6.42 Å². The topological polar surface area (TPSA) is 25.8 Å². The SMILES string of the molecule is CCCc1cc(-c2nc(-c3ccccc3Cl)cs2)ccn1.[Br-]. The minimum absolute atomic E-state index is 0. The lowest BCUT2D eigenvalue weighted by Gasteiger charge is -2.01. The first kappa shape index (κ1) is 17.1. The average Bonchev–Trinajstić information content (AvgIpc) is 2.98. The Morgan fingerprint density at radius 3 is 2.77 bits per heavy atom. The molecule has 0 bridgehead atoms. The van der Waals surface area contributed by atoms with Gasteiger partial charge in [0.15, 0.2) is 0 Å². The molecule has 0 amide bonds. The van der Waals surface area contributed by atoms with E-state index in [0.717, 1.165) is 45.4 Å². The third-order valence-electron chi connectivity index (χ3n) is 3.22. The van der Waals surface area contributed by atoms with Crippen LogP contribution in [0.1, 0.15) is 19.0 Å². The van der Waals surface area contributed by atoms with Gasteiger partial charge >= 0.3 is 0 Å². The van der Waals surface area contributed by atoms with Gasteiger partial charge in [0.1, 0.15) is 5.01 Å². The number of aryl methyl sites for hydroxylation is 1. The molecule has 2 nitrogen and oxygen atoms in total. The summed E-state index contributed by atoms with van der Waals surface area (Å²) in [4.78, 5) is 9.11.